The highest BCUT2D eigenvalue weighted by atomic mass is 16.5. The lowest BCUT2D eigenvalue weighted by Gasteiger charge is -2.21. The van der Waals surface area contributed by atoms with Crippen LogP contribution in [-0.2, 0) is 19.1 Å². The third-order valence-corrected chi connectivity index (χ3v) is 5.22. The third-order valence-electron chi connectivity index (χ3n) is 5.22. The highest BCUT2D eigenvalue weighted by molar-refractivity contribution is 5.98. The molecule has 0 aliphatic rings. The molecule has 0 bridgehead atoms. The van der Waals surface area contributed by atoms with Gasteiger partial charge in [0.15, 0.2) is 6.61 Å². The van der Waals surface area contributed by atoms with Crippen LogP contribution in [0.1, 0.15) is 46.5 Å². The Hall–Kier alpha value is -3.68. The zero-order valence-corrected chi connectivity index (χ0v) is 20.6. The maximum absolute atomic E-state index is 12.5. The van der Waals surface area contributed by atoms with Gasteiger partial charge in [0.2, 0.25) is 5.91 Å². The molecule has 34 heavy (non-hydrogen) atoms. The molecule has 0 saturated carbocycles. The molecule has 8 heteroatoms. The van der Waals surface area contributed by atoms with Crippen LogP contribution < -0.4 is 16.0 Å². The molecule has 8 nitrogen and oxygen atoms in total. The normalized spacial score (nSPS) is 11.5. The smallest absolute Gasteiger partial charge is 0.329 e. The van der Waals surface area contributed by atoms with Crippen molar-refractivity contribution in [3.05, 3.63) is 64.2 Å². The molecule has 2 aromatic carbocycles. The standard InChI is InChI=1S/C26H33N3O5/c1-15(2)23(29-25(32)20-9-7-8-16(3)12-20)26(33)34-14-22(31)27-13-21(30)28-24-18(5)10-17(4)11-19(24)6/h7-12,15,23H,13-14H2,1-6H3,(H,27,31)(H,28,30)(H,29,32)/t23-/m0/s1. The van der Waals surface area contributed by atoms with E-state index in [1.807, 2.05) is 45.9 Å². The predicted molar refractivity (Wildman–Crippen MR) is 131 cm³/mol. The average molecular weight is 468 g/mol. The molecule has 3 N–H and O–H groups in total. The summed E-state index contributed by atoms with van der Waals surface area (Å²) in [6.07, 6.45) is 0. The van der Waals surface area contributed by atoms with Crippen LogP contribution in [0.4, 0.5) is 5.69 Å². The molecule has 1 atom stereocenters. The van der Waals surface area contributed by atoms with Gasteiger partial charge in [0, 0.05) is 11.3 Å². The van der Waals surface area contributed by atoms with E-state index in [1.54, 1.807) is 32.0 Å². The number of rotatable bonds is 9. The van der Waals surface area contributed by atoms with Gasteiger partial charge in [-0.2, -0.15) is 0 Å². The summed E-state index contributed by atoms with van der Waals surface area (Å²) in [5, 5.41) is 7.89. The Morgan fingerprint density at radius 2 is 1.53 bits per heavy atom. The zero-order valence-electron chi connectivity index (χ0n) is 20.6. The van der Waals surface area contributed by atoms with Crippen LogP contribution in [0.25, 0.3) is 0 Å². The van der Waals surface area contributed by atoms with E-state index in [0.29, 0.717) is 11.3 Å². The molecule has 0 aliphatic heterocycles. The highest BCUT2D eigenvalue weighted by Gasteiger charge is 2.27. The van der Waals surface area contributed by atoms with Gasteiger partial charge in [0.25, 0.3) is 11.8 Å². The van der Waals surface area contributed by atoms with Gasteiger partial charge >= 0.3 is 5.97 Å². The number of amides is 3. The second kappa shape index (κ2) is 12.0. The number of benzene rings is 2. The molecular formula is C26H33N3O5. The van der Waals surface area contributed by atoms with Crippen LogP contribution in [0.15, 0.2) is 36.4 Å². The maximum Gasteiger partial charge on any atom is 0.329 e. The van der Waals surface area contributed by atoms with Crippen molar-refractivity contribution in [2.45, 2.75) is 47.6 Å². The molecule has 2 rings (SSSR count). The minimum atomic E-state index is -0.920. The molecule has 3 amide bonds. The summed E-state index contributed by atoms with van der Waals surface area (Å²) in [5.74, 6) is -2.38. The van der Waals surface area contributed by atoms with Crippen LogP contribution in [0.3, 0.4) is 0 Å². The Balaban J connectivity index is 1.85. The van der Waals surface area contributed by atoms with Gasteiger partial charge in [-0.15, -0.1) is 0 Å². The van der Waals surface area contributed by atoms with Gasteiger partial charge in [0.05, 0.1) is 6.54 Å². The minimum Gasteiger partial charge on any atom is -0.454 e. The number of anilines is 1. The van der Waals surface area contributed by atoms with E-state index in [0.717, 1.165) is 22.3 Å². The summed E-state index contributed by atoms with van der Waals surface area (Å²) >= 11 is 0. The fraction of sp³-hybridized carbons (Fsp3) is 0.385. The van der Waals surface area contributed by atoms with Crippen LogP contribution in [0.2, 0.25) is 0 Å². The molecular weight excluding hydrogens is 434 g/mol. The van der Waals surface area contributed by atoms with Crippen molar-refractivity contribution in [3.8, 4) is 0 Å². The lowest BCUT2D eigenvalue weighted by molar-refractivity contribution is -0.151. The lowest BCUT2D eigenvalue weighted by Crippen LogP contribution is -2.46. The maximum atomic E-state index is 12.5. The summed E-state index contributed by atoms with van der Waals surface area (Å²) < 4.78 is 5.09. The van der Waals surface area contributed by atoms with Crippen molar-refractivity contribution in [3.63, 3.8) is 0 Å². The Kier molecular flexibility index (Phi) is 9.36. The second-order valence-corrected chi connectivity index (χ2v) is 8.77. The molecule has 0 unspecified atom stereocenters. The van der Waals surface area contributed by atoms with Crippen molar-refractivity contribution in [2.75, 3.05) is 18.5 Å². The second-order valence-electron chi connectivity index (χ2n) is 8.77. The largest absolute Gasteiger partial charge is 0.454 e. The fourth-order valence-electron chi connectivity index (χ4n) is 3.53. The topological polar surface area (TPSA) is 114 Å². The summed E-state index contributed by atoms with van der Waals surface area (Å²) in [7, 11) is 0. The number of carbonyl (C=O) groups excluding carboxylic acids is 4. The first-order valence-electron chi connectivity index (χ1n) is 11.2. The molecule has 0 radical (unpaired) electrons. The Morgan fingerprint density at radius 1 is 0.882 bits per heavy atom. The molecule has 0 aliphatic carbocycles. The molecule has 182 valence electrons. The molecule has 2 aromatic rings. The summed E-state index contributed by atoms with van der Waals surface area (Å²) in [4.78, 5) is 49.4. The average Bonchev–Trinajstić information content (AvgIpc) is 2.76. The van der Waals surface area contributed by atoms with Gasteiger partial charge in [-0.1, -0.05) is 49.2 Å². The summed E-state index contributed by atoms with van der Waals surface area (Å²) in [5.41, 5.74) is 5.02. The van der Waals surface area contributed by atoms with E-state index < -0.39 is 30.4 Å². The van der Waals surface area contributed by atoms with Crippen LogP contribution in [0, 0.1) is 33.6 Å². The first kappa shape index (κ1) is 26.6. The van der Waals surface area contributed by atoms with E-state index in [-0.39, 0.29) is 18.4 Å². The Bertz CT molecular complexity index is 1050. The molecule has 0 fully saturated rings. The van der Waals surface area contributed by atoms with Crippen molar-refractivity contribution in [1.29, 1.82) is 0 Å². The number of aryl methyl sites for hydroxylation is 4. The third kappa shape index (κ3) is 7.72. The number of esters is 1. The number of nitrogens with one attached hydrogen (secondary N) is 3. The van der Waals surface area contributed by atoms with Crippen molar-refractivity contribution in [1.82, 2.24) is 10.6 Å². The van der Waals surface area contributed by atoms with Gasteiger partial charge in [-0.25, -0.2) is 4.79 Å². The van der Waals surface area contributed by atoms with E-state index >= 15 is 0 Å². The first-order chi connectivity index (χ1) is 16.0. The van der Waals surface area contributed by atoms with Crippen molar-refractivity contribution in [2.24, 2.45) is 5.92 Å². The molecule has 0 saturated heterocycles. The number of carbonyl (C=O) groups is 4. The van der Waals surface area contributed by atoms with Gasteiger partial charge in [0.1, 0.15) is 6.04 Å². The minimum absolute atomic E-state index is 0.254. The monoisotopic (exact) mass is 467 g/mol. The Morgan fingerprint density at radius 3 is 2.12 bits per heavy atom. The van der Waals surface area contributed by atoms with Gasteiger partial charge in [-0.3, -0.25) is 14.4 Å². The first-order valence-corrected chi connectivity index (χ1v) is 11.2. The quantitative estimate of drug-likeness (QED) is 0.491. The zero-order chi connectivity index (χ0) is 25.4. The SMILES string of the molecule is Cc1cccc(C(=O)N[C@H](C(=O)OCC(=O)NCC(=O)Nc2c(C)cc(C)cc2C)C(C)C)c1. The molecule has 0 heterocycles. The van der Waals surface area contributed by atoms with E-state index in [1.165, 1.54) is 0 Å². The molecule has 0 spiro atoms. The van der Waals surface area contributed by atoms with E-state index in [9.17, 15) is 19.2 Å². The van der Waals surface area contributed by atoms with E-state index in [2.05, 4.69) is 16.0 Å². The van der Waals surface area contributed by atoms with Crippen LogP contribution >= 0.6 is 0 Å². The highest BCUT2D eigenvalue weighted by Crippen LogP contribution is 2.21. The summed E-state index contributed by atoms with van der Waals surface area (Å²) in [6.45, 7) is 10.4. The number of hydrogen-bond acceptors (Lipinski definition) is 5. The molecule has 0 aromatic heterocycles. The van der Waals surface area contributed by atoms with Gasteiger partial charge in [-0.05, 0) is 56.9 Å². The Labute approximate surface area is 200 Å². The predicted octanol–water partition coefficient (Wildman–Crippen LogP) is 2.97. The number of ether oxygens (including phenoxy) is 1. The van der Waals surface area contributed by atoms with E-state index in [4.69, 9.17) is 4.74 Å². The van der Waals surface area contributed by atoms with Crippen molar-refractivity contribution < 1.29 is 23.9 Å². The van der Waals surface area contributed by atoms with Crippen molar-refractivity contribution >= 4 is 29.4 Å². The van der Waals surface area contributed by atoms with Gasteiger partial charge < -0.3 is 20.7 Å². The van der Waals surface area contributed by atoms with Crippen LogP contribution in [0.5, 0.6) is 0 Å². The lowest BCUT2D eigenvalue weighted by atomic mass is 10.0. The fourth-order valence-corrected chi connectivity index (χ4v) is 3.53. The van der Waals surface area contributed by atoms with Crippen LogP contribution in [-0.4, -0.2) is 42.9 Å². The summed E-state index contributed by atoms with van der Waals surface area (Å²) in [6, 6.07) is 10.0. The number of hydrogen-bond donors (Lipinski definition) is 3.